The molecule has 2 heterocycles. The van der Waals surface area contributed by atoms with Crippen LogP contribution in [0.15, 0.2) is 17.5 Å². The third-order valence-electron chi connectivity index (χ3n) is 2.27. The maximum Gasteiger partial charge on any atom is 0.360 e. The minimum absolute atomic E-state index is 0.0232. The van der Waals surface area contributed by atoms with Gasteiger partial charge in [0.2, 0.25) is 0 Å². The van der Waals surface area contributed by atoms with Crippen molar-refractivity contribution < 1.29 is 9.53 Å². The maximum absolute atomic E-state index is 11.4. The Morgan fingerprint density at radius 3 is 3.00 bits per heavy atom. The number of halogens is 1. The summed E-state index contributed by atoms with van der Waals surface area (Å²) < 4.78 is 4.53. The Kier molecular flexibility index (Phi) is 4.18. The number of rotatable bonds is 4. The van der Waals surface area contributed by atoms with Gasteiger partial charge in [-0.25, -0.2) is 14.8 Å². The van der Waals surface area contributed by atoms with E-state index in [-0.39, 0.29) is 16.7 Å². The molecule has 8 heteroatoms. The highest BCUT2D eigenvalue weighted by molar-refractivity contribution is 7.09. The second-order valence-electron chi connectivity index (χ2n) is 3.52. The molecule has 2 aromatic rings. The van der Waals surface area contributed by atoms with Gasteiger partial charge in [0, 0.05) is 4.88 Å². The number of nitrogens with zero attached hydrogens (tertiary/aromatic N) is 2. The summed E-state index contributed by atoms with van der Waals surface area (Å²) in [7, 11) is 1.24. The molecule has 19 heavy (non-hydrogen) atoms. The predicted molar refractivity (Wildman–Crippen MR) is 74.4 cm³/mol. The van der Waals surface area contributed by atoms with Gasteiger partial charge in [0.25, 0.3) is 0 Å². The molecule has 0 amide bonds. The van der Waals surface area contributed by atoms with Crippen molar-refractivity contribution >= 4 is 40.5 Å². The quantitative estimate of drug-likeness (QED) is 0.841. The number of nitrogen functional groups attached to an aromatic ring is 1. The first-order valence-corrected chi connectivity index (χ1v) is 6.55. The number of methoxy groups -OCH3 is 1. The number of aromatic nitrogens is 2. The molecular weight excluding hydrogens is 288 g/mol. The molecular formula is C11H11ClN4O2S. The molecule has 0 aliphatic carbocycles. The van der Waals surface area contributed by atoms with E-state index in [0.717, 1.165) is 4.88 Å². The third-order valence-corrected chi connectivity index (χ3v) is 3.41. The third kappa shape index (κ3) is 3.12. The summed E-state index contributed by atoms with van der Waals surface area (Å²) in [5, 5.41) is 5.06. The fourth-order valence-electron chi connectivity index (χ4n) is 1.37. The minimum Gasteiger partial charge on any atom is -0.464 e. The Morgan fingerprint density at radius 2 is 2.37 bits per heavy atom. The smallest absolute Gasteiger partial charge is 0.360 e. The molecule has 0 aliphatic heterocycles. The second-order valence-corrected chi connectivity index (χ2v) is 4.91. The van der Waals surface area contributed by atoms with Crippen LogP contribution >= 0.6 is 22.9 Å². The summed E-state index contributed by atoms with van der Waals surface area (Å²) in [6.45, 7) is 0.559. The lowest BCUT2D eigenvalue weighted by Crippen LogP contribution is -2.12. The minimum atomic E-state index is -0.670. The maximum atomic E-state index is 11.4. The van der Waals surface area contributed by atoms with Crippen LogP contribution in [0.5, 0.6) is 0 Å². The van der Waals surface area contributed by atoms with Gasteiger partial charge in [-0.1, -0.05) is 17.7 Å². The van der Waals surface area contributed by atoms with Gasteiger partial charge in [0.05, 0.1) is 13.7 Å². The van der Waals surface area contributed by atoms with E-state index in [0.29, 0.717) is 12.4 Å². The molecule has 0 unspecified atom stereocenters. The summed E-state index contributed by atoms with van der Waals surface area (Å²) in [6.07, 6.45) is 0. The number of nitrogens with one attached hydrogen (secondary N) is 1. The molecule has 6 nitrogen and oxygen atoms in total. The molecule has 0 radical (unpaired) electrons. The van der Waals surface area contributed by atoms with Crippen LogP contribution in [0.1, 0.15) is 15.4 Å². The standard InChI is InChI=1S/C11H11ClN4O2S/c1-18-11(17)7-9(13)16-10(8(12)15-7)14-5-6-3-2-4-19-6/h2-4H,5H2,1H3,(H3,13,14,16). The Bertz CT molecular complexity index is 589. The predicted octanol–water partition coefficient (Wildman–Crippen LogP) is 2.17. The normalized spacial score (nSPS) is 10.2. The van der Waals surface area contributed by atoms with E-state index >= 15 is 0 Å². The van der Waals surface area contributed by atoms with Crippen molar-refractivity contribution in [2.24, 2.45) is 0 Å². The monoisotopic (exact) mass is 298 g/mol. The van der Waals surface area contributed by atoms with Crippen molar-refractivity contribution in [1.29, 1.82) is 0 Å². The summed E-state index contributed by atoms with van der Waals surface area (Å²) in [5.74, 6) is -0.359. The zero-order valence-corrected chi connectivity index (χ0v) is 11.6. The van der Waals surface area contributed by atoms with Gasteiger partial charge in [-0.15, -0.1) is 11.3 Å². The van der Waals surface area contributed by atoms with Gasteiger partial charge in [0.1, 0.15) is 0 Å². The summed E-state index contributed by atoms with van der Waals surface area (Å²) in [6, 6.07) is 3.93. The van der Waals surface area contributed by atoms with E-state index in [1.165, 1.54) is 7.11 Å². The van der Waals surface area contributed by atoms with Crippen LogP contribution in [-0.2, 0) is 11.3 Å². The van der Waals surface area contributed by atoms with Gasteiger partial charge in [-0.3, -0.25) is 0 Å². The van der Waals surface area contributed by atoms with Crippen LogP contribution < -0.4 is 11.1 Å². The SMILES string of the molecule is COC(=O)c1nc(Cl)c(NCc2cccs2)nc1N. The Labute approximate surface area is 118 Å². The first kappa shape index (κ1) is 13.6. The first-order valence-electron chi connectivity index (χ1n) is 5.29. The van der Waals surface area contributed by atoms with Crippen molar-refractivity contribution in [3.8, 4) is 0 Å². The lowest BCUT2D eigenvalue weighted by atomic mass is 10.4. The molecule has 0 bridgehead atoms. The van der Waals surface area contributed by atoms with Crippen LogP contribution in [0.25, 0.3) is 0 Å². The van der Waals surface area contributed by atoms with E-state index in [1.807, 2.05) is 17.5 Å². The van der Waals surface area contributed by atoms with Crippen LogP contribution in [0.4, 0.5) is 11.6 Å². The molecule has 0 atom stereocenters. The molecule has 3 N–H and O–H groups in total. The highest BCUT2D eigenvalue weighted by atomic mass is 35.5. The van der Waals surface area contributed by atoms with Crippen LogP contribution in [0, 0.1) is 0 Å². The van der Waals surface area contributed by atoms with E-state index < -0.39 is 5.97 Å². The van der Waals surface area contributed by atoms with Gasteiger partial charge in [0.15, 0.2) is 22.5 Å². The highest BCUT2D eigenvalue weighted by Crippen LogP contribution is 2.22. The average Bonchev–Trinajstić information content (AvgIpc) is 2.91. The number of carbonyl (C=O) groups excluding carboxylic acids is 1. The highest BCUT2D eigenvalue weighted by Gasteiger charge is 2.17. The van der Waals surface area contributed by atoms with Gasteiger partial charge >= 0.3 is 5.97 Å². The van der Waals surface area contributed by atoms with Crippen molar-refractivity contribution in [2.75, 3.05) is 18.2 Å². The molecule has 0 aromatic carbocycles. The lowest BCUT2D eigenvalue weighted by Gasteiger charge is -2.08. The number of carbonyl (C=O) groups is 1. The Balaban J connectivity index is 2.18. The molecule has 0 aliphatic rings. The van der Waals surface area contributed by atoms with Crippen LogP contribution in [0.3, 0.4) is 0 Å². The average molecular weight is 299 g/mol. The Hall–Kier alpha value is -1.86. The number of thiophene rings is 1. The van der Waals surface area contributed by atoms with Gasteiger partial charge in [-0.2, -0.15) is 0 Å². The summed E-state index contributed by atoms with van der Waals surface area (Å²) in [5.41, 5.74) is 5.56. The number of esters is 1. The number of ether oxygens (including phenoxy) is 1. The van der Waals surface area contributed by atoms with Crippen molar-refractivity contribution in [3.05, 3.63) is 33.2 Å². The zero-order valence-electron chi connectivity index (χ0n) is 10.0. The Morgan fingerprint density at radius 1 is 1.58 bits per heavy atom. The van der Waals surface area contributed by atoms with Gasteiger partial charge in [-0.05, 0) is 11.4 Å². The molecule has 0 fully saturated rings. The van der Waals surface area contributed by atoms with Crippen molar-refractivity contribution in [3.63, 3.8) is 0 Å². The molecule has 0 spiro atoms. The van der Waals surface area contributed by atoms with E-state index in [4.69, 9.17) is 17.3 Å². The molecule has 0 saturated carbocycles. The van der Waals surface area contributed by atoms with E-state index in [2.05, 4.69) is 20.0 Å². The topological polar surface area (TPSA) is 90.1 Å². The zero-order chi connectivity index (χ0) is 13.8. The number of anilines is 2. The number of hydrogen-bond donors (Lipinski definition) is 2. The molecule has 100 valence electrons. The summed E-state index contributed by atoms with van der Waals surface area (Å²) in [4.78, 5) is 20.4. The van der Waals surface area contributed by atoms with Crippen molar-refractivity contribution in [2.45, 2.75) is 6.54 Å². The van der Waals surface area contributed by atoms with Crippen LogP contribution in [0.2, 0.25) is 5.15 Å². The number of nitrogens with two attached hydrogens (primary N) is 1. The molecule has 2 rings (SSSR count). The number of hydrogen-bond acceptors (Lipinski definition) is 7. The molecule has 0 saturated heterocycles. The summed E-state index contributed by atoms with van der Waals surface area (Å²) >= 11 is 7.55. The van der Waals surface area contributed by atoms with E-state index in [1.54, 1.807) is 11.3 Å². The van der Waals surface area contributed by atoms with E-state index in [9.17, 15) is 4.79 Å². The fourth-order valence-corrected chi connectivity index (χ4v) is 2.21. The fraction of sp³-hybridized carbons (Fsp3) is 0.182. The lowest BCUT2D eigenvalue weighted by molar-refractivity contribution is 0.0595. The van der Waals surface area contributed by atoms with Crippen LogP contribution in [-0.4, -0.2) is 23.0 Å². The van der Waals surface area contributed by atoms with Crippen molar-refractivity contribution in [1.82, 2.24) is 9.97 Å². The van der Waals surface area contributed by atoms with Gasteiger partial charge < -0.3 is 15.8 Å². The first-order chi connectivity index (χ1) is 9.11. The largest absolute Gasteiger partial charge is 0.464 e. The second kappa shape index (κ2) is 5.85. The molecule has 2 aromatic heterocycles.